The average Bonchev–Trinajstić information content (AvgIpc) is 2.15. The van der Waals surface area contributed by atoms with Crippen molar-refractivity contribution in [2.45, 2.75) is 18.6 Å². The molecule has 0 fully saturated rings. The van der Waals surface area contributed by atoms with Crippen molar-refractivity contribution in [2.75, 3.05) is 0 Å². The van der Waals surface area contributed by atoms with Crippen LogP contribution in [0.1, 0.15) is 17.2 Å². The molecule has 1 unspecified atom stereocenters. The van der Waals surface area contributed by atoms with Gasteiger partial charge in [-0.3, -0.25) is 0 Å². The van der Waals surface area contributed by atoms with E-state index in [-0.39, 0.29) is 18.0 Å². The molecule has 0 radical (unpaired) electrons. The van der Waals surface area contributed by atoms with Gasteiger partial charge in [-0.15, -0.1) is 12.4 Å². The van der Waals surface area contributed by atoms with Crippen molar-refractivity contribution < 1.29 is 22.0 Å². The Bertz CT molecular complexity index is 322. The van der Waals surface area contributed by atoms with E-state index in [4.69, 9.17) is 5.73 Å². The highest BCUT2D eigenvalue weighted by atomic mass is 35.5. The summed E-state index contributed by atoms with van der Waals surface area (Å²) in [6.07, 6.45) is -7.25. The summed E-state index contributed by atoms with van der Waals surface area (Å²) in [7, 11) is 0. The third-order valence-corrected chi connectivity index (χ3v) is 1.89. The SMILES string of the molecule is Cl.NC(c1ccc(C(F)(F)F)cc1)C(F)F. The first-order valence-electron chi connectivity index (χ1n) is 4.03. The second-order valence-corrected chi connectivity index (χ2v) is 2.98. The minimum Gasteiger partial charge on any atom is -0.319 e. The second-order valence-electron chi connectivity index (χ2n) is 2.98. The fourth-order valence-electron chi connectivity index (χ4n) is 1.04. The van der Waals surface area contributed by atoms with Gasteiger partial charge in [0.1, 0.15) is 0 Å². The number of hydrogen-bond donors (Lipinski definition) is 1. The van der Waals surface area contributed by atoms with Crippen molar-refractivity contribution in [2.24, 2.45) is 5.73 Å². The Hall–Kier alpha value is -0.880. The van der Waals surface area contributed by atoms with Gasteiger partial charge in [-0.25, -0.2) is 8.78 Å². The molecule has 0 aliphatic rings. The molecule has 1 aromatic carbocycles. The Morgan fingerprint density at radius 1 is 1.00 bits per heavy atom. The predicted molar refractivity (Wildman–Crippen MR) is 51.6 cm³/mol. The van der Waals surface area contributed by atoms with Crippen molar-refractivity contribution in [3.05, 3.63) is 35.4 Å². The number of rotatable bonds is 2. The maximum Gasteiger partial charge on any atom is 0.416 e. The summed E-state index contributed by atoms with van der Waals surface area (Å²) < 4.78 is 60.5. The van der Waals surface area contributed by atoms with Crippen LogP contribution in [0, 0.1) is 0 Å². The summed E-state index contributed by atoms with van der Waals surface area (Å²) in [5.74, 6) is 0. The first-order chi connectivity index (χ1) is 6.82. The zero-order valence-corrected chi connectivity index (χ0v) is 8.66. The van der Waals surface area contributed by atoms with Crippen LogP contribution in [0.2, 0.25) is 0 Å². The lowest BCUT2D eigenvalue weighted by molar-refractivity contribution is -0.137. The van der Waals surface area contributed by atoms with E-state index in [1.807, 2.05) is 0 Å². The Morgan fingerprint density at radius 2 is 1.44 bits per heavy atom. The van der Waals surface area contributed by atoms with Gasteiger partial charge in [-0.1, -0.05) is 12.1 Å². The quantitative estimate of drug-likeness (QED) is 0.812. The van der Waals surface area contributed by atoms with Crippen LogP contribution in [0.15, 0.2) is 24.3 Å². The molecule has 1 aromatic rings. The molecule has 1 atom stereocenters. The van der Waals surface area contributed by atoms with Gasteiger partial charge in [0, 0.05) is 0 Å². The summed E-state index contributed by atoms with van der Waals surface area (Å²) in [5.41, 5.74) is 4.17. The van der Waals surface area contributed by atoms with Crippen LogP contribution in [0.3, 0.4) is 0 Å². The van der Waals surface area contributed by atoms with Gasteiger partial charge >= 0.3 is 6.18 Å². The fourth-order valence-corrected chi connectivity index (χ4v) is 1.04. The molecule has 0 spiro atoms. The van der Waals surface area contributed by atoms with E-state index in [9.17, 15) is 22.0 Å². The van der Waals surface area contributed by atoms with Crippen LogP contribution in [0.5, 0.6) is 0 Å². The predicted octanol–water partition coefficient (Wildman–Crippen LogP) is 3.39. The maximum absolute atomic E-state index is 12.1. The van der Waals surface area contributed by atoms with Crippen LogP contribution in [-0.4, -0.2) is 6.43 Å². The topological polar surface area (TPSA) is 26.0 Å². The molecule has 0 heterocycles. The van der Waals surface area contributed by atoms with Crippen molar-refractivity contribution in [1.82, 2.24) is 0 Å². The first kappa shape index (κ1) is 15.1. The van der Waals surface area contributed by atoms with E-state index in [1.54, 1.807) is 0 Å². The summed E-state index contributed by atoms with van der Waals surface area (Å²) in [6, 6.07) is 1.83. The molecule has 0 aliphatic carbocycles. The molecular formula is C9H9ClF5N. The van der Waals surface area contributed by atoms with Crippen molar-refractivity contribution >= 4 is 12.4 Å². The van der Waals surface area contributed by atoms with Crippen LogP contribution in [-0.2, 0) is 6.18 Å². The Kier molecular flexibility index (Phi) is 5.15. The molecule has 1 rings (SSSR count). The molecule has 92 valence electrons. The van der Waals surface area contributed by atoms with Gasteiger partial charge in [0.25, 0.3) is 6.43 Å². The van der Waals surface area contributed by atoms with Gasteiger partial charge in [-0.2, -0.15) is 13.2 Å². The highest BCUT2D eigenvalue weighted by molar-refractivity contribution is 5.85. The lowest BCUT2D eigenvalue weighted by Crippen LogP contribution is -2.19. The lowest BCUT2D eigenvalue weighted by Gasteiger charge is -2.12. The number of halogens is 6. The molecule has 0 bridgehead atoms. The van der Waals surface area contributed by atoms with Crippen LogP contribution >= 0.6 is 12.4 Å². The summed E-state index contributed by atoms with van der Waals surface area (Å²) in [4.78, 5) is 0. The van der Waals surface area contributed by atoms with Gasteiger partial charge in [0.2, 0.25) is 0 Å². The van der Waals surface area contributed by atoms with E-state index in [1.165, 1.54) is 0 Å². The molecule has 0 saturated heterocycles. The van der Waals surface area contributed by atoms with Crippen LogP contribution < -0.4 is 5.73 Å². The van der Waals surface area contributed by atoms with Gasteiger partial charge in [-0.05, 0) is 17.7 Å². The number of hydrogen-bond acceptors (Lipinski definition) is 1. The molecule has 0 aromatic heterocycles. The monoisotopic (exact) mass is 261 g/mol. The number of alkyl halides is 5. The van der Waals surface area contributed by atoms with Crippen molar-refractivity contribution in [3.8, 4) is 0 Å². The minimum absolute atomic E-state index is 0. The Balaban J connectivity index is 0.00000225. The van der Waals surface area contributed by atoms with Crippen LogP contribution in [0.4, 0.5) is 22.0 Å². The molecular weight excluding hydrogens is 253 g/mol. The minimum atomic E-state index is -4.46. The third kappa shape index (κ3) is 3.61. The van der Waals surface area contributed by atoms with E-state index in [2.05, 4.69) is 0 Å². The average molecular weight is 262 g/mol. The van der Waals surface area contributed by atoms with Gasteiger partial charge in [0.05, 0.1) is 11.6 Å². The Morgan fingerprint density at radius 3 is 1.75 bits per heavy atom. The van der Waals surface area contributed by atoms with E-state index >= 15 is 0 Å². The zero-order valence-electron chi connectivity index (χ0n) is 7.84. The third-order valence-electron chi connectivity index (χ3n) is 1.89. The molecule has 1 nitrogen and oxygen atoms in total. The molecule has 0 amide bonds. The molecule has 7 heteroatoms. The van der Waals surface area contributed by atoms with E-state index in [0.29, 0.717) is 0 Å². The number of nitrogens with two attached hydrogens (primary N) is 1. The molecule has 16 heavy (non-hydrogen) atoms. The number of benzene rings is 1. The standard InChI is InChI=1S/C9H8F5N.ClH/c10-8(11)7(15)5-1-3-6(4-2-5)9(12,13)14;/h1-4,7-8H,15H2;1H. The fraction of sp³-hybridized carbons (Fsp3) is 0.333. The first-order valence-corrected chi connectivity index (χ1v) is 4.03. The maximum atomic E-state index is 12.1. The summed E-state index contributed by atoms with van der Waals surface area (Å²) in [6.45, 7) is 0. The highest BCUT2D eigenvalue weighted by Crippen LogP contribution is 2.30. The molecule has 2 N–H and O–H groups in total. The van der Waals surface area contributed by atoms with E-state index < -0.39 is 24.2 Å². The second kappa shape index (κ2) is 5.45. The van der Waals surface area contributed by atoms with E-state index in [0.717, 1.165) is 24.3 Å². The molecule has 0 saturated carbocycles. The Labute approximate surface area is 94.8 Å². The van der Waals surface area contributed by atoms with Gasteiger partial charge in [0.15, 0.2) is 0 Å². The highest BCUT2D eigenvalue weighted by Gasteiger charge is 2.30. The van der Waals surface area contributed by atoms with Crippen molar-refractivity contribution in [1.29, 1.82) is 0 Å². The smallest absolute Gasteiger partial charge is 0.319 e. The van der Waals surface area contributed by atoms with Crippen molar-refractivity contribution in [3.63, 3.8) is 0 Å². The van der Waals surface area contributed by atoms with Gasteiger partial charge < -0.3 is 5.73 Å². The van der Waals surface area contributed by atoms with Crippen LogP contribution in [0.25, 0.3) is 0 Å². The zero-order chi connectivity index (χ0) is 11.6. The largest absolute Gasteiger partial charge is 0.416 e. The lowest BCUT2D eigenvalue weighted by atomic mass is 10.1. The summed E-state index contributed by atoms with van der Waals surface area (Å²) >= 11 is 0. The molecule has 0 aliphatic heterocycles. The normalized spacial score (nSPS) is 13.4. The summed E-state index contributed by atoms with van der Waals surface area (Å²) in [5, 5.41) is 0.